The highest BCUT2D eigenvalue weighted by atomic mass is 16.5. The Morgan fingerprint density at radius 3 is 2.36 bits per heavy atom. The molecule has 1 aromatic rings. The molecule has 0 fully saturated rings. The molecule has 138 valence electrons. The molecule has 0 saturated heterocycles. The maximum absolute atomic E-state index is 12.5. The van der Waals surface area contributed by atoms with Crippen LogP contribution in [0.15, 0.2) is 24.3 Å². The first-order chi connectivity index (χ1) is 11.7. The van der Waals surface area contributed by atoms with Crippen molar-refractivity contribution in [2.24, 2.45) is 5.41 Å². The van der Waals surface area contributed by atoms with Crippen molar-refractivity contribution in [2.45, 2.75) is 20.3 Å². The molecule has 7 heteroatoms. The summed E-state index contributed by atoms with van der Waals surface area (Å²) in [5.41, 5.74) is -0.727. The van der Waals surface area contributed by atoms with Gasteiger partial charge in [0.05, 0.1) is 18.4 Å². The highest BCUT2D eigenvalue weighted by Crippen LogP contribution is 2.22. The van der Waals surface area contributed by atoms with E-state index in [1.54, 1.807) is 38.1 Å². The largest absolute Gasteiger partial charge is 0.465 e. The quantitative estimate of drug-likeness (QED) is 0.422. The number of hydrogen-bond acceptors (Lipinski definition) is 5. The number of methoxy groups -OCH3 is 1. The van der Waals surface area contributed by atoms with Gasteiger partial charge in [0.2, 0.25) is 11.8 Å². The second-order valence-electron chi connectivity index (χ2n) is 6.53. The average molecular weight is 349 g/mol. The lowest BCUT2D eigenvalue weighted by atomic mass is 9.90. The van der Waals surface area contributed by atoms with Crippen LogP contribution in [-0.2, 0) is 14.3 Å². The molecular weight excluding hydrogens is 322 g/mol. The first kappa shape index (κ1) is 20.6. The first-order valence-corrected chi connectivity index (χ1v) is 8.12. The number of amides is 2. The smallest absolute Gasteiger partial charge is 0.339 e. The Kier molecular flexibility index (Phi) is 7.57. The summed E-state index contributed by atoms with van der Waals surface area (Å²) in [4.78, 5) is 38.7. The number of ether oxygens (including phenoxy) is 1. The molecule has 25 heavy (non-hydrogen) atoms. The fraction of sp³-hybridized carbons (Fsp3) is 0.500. The maximum Gasteiger partial charge on any atom is 0.339 e. The molecule has 7 nitrogen and oxygen atoms in total. The lowest BCUT2D eigenvalue weighted by molar-refractivity contribution is -0.138. The second kappa shape index (κ2) is 9.17. The van der Waals surface area contributed by atoms with Gasteiger partial charge in [0.25, 0.3) is 0 Å². The number of esters is 1. The van der Waals surface area contributed by atoms with Crippen LogP contribution in [0.25, 0.3) is 0 Å². The van der Waals surface area contributed by atoms with E-state index >= 15 is 0 Å². The molecule has 1 rings (SSSR count). The van der Waals surface area contributed by atoms with Gasteiger partial charge >= 0.3 is 5.97 Å². The summed E-state index contributed by atoms with van der Waals surface area (Å²) in [5, 5.41) is 5.42. The third kappa shape index (κ3) is 5.86. The van der Waals surface area contributed by atoms with Crippen molar-refractivity contribution < 1.29 is 19.1 Å². The van der Waals surface area contributed by atoms with Crippen LogP contribution in [0.4, 0.5) is 5.69 Å². The van der Waals surface area contributed by atoms with Crippen molar-refractivity contribution in [1.82, 2.24) is 10.2 Å². The summed E-state index contributed by atoms with van der Waals surface area (Å²) in [6.45, 7) is 4.43. The molecule has 0 aliphatic heterocycles. The fourth-order valence-corrected chi connectivity index (χ4v) is 2.08. The van der Waals surface area contributed by atoms with Crippen LogP contribution in [0.1, 0.15) is 30.6 Å². The molecule has 0 bridgehead atoms. The van der Waals surface area contributed by atoms with Gasteiger partial charge in [0.15, 0.2) is 0 Å². The van der Waals surface area contributed by atoms with E-state index in [4.69, 9.17) is 4.74 Å². The highest BCUT2D eigenvalue weighted by molar-refractivity contribution is 6.11. The first-order valence-electron chi connectivity index (χ1n) is 8.12. The van der Waals surface area contributed by atoms with Gasteiger partial charge in [-0.05, 0) is 53.0 Å². The lowest BCUT2D eigenvalue weighted by Crippen LogP contribution is -2.45. The number of nitrogens with one attached hydrogen (secondary N) is 2. The van der Waals surface area contributed by atoms with E-state index in [9.17, 15) is 14.4 Å². The maximum atomic E-state index is 12.5. The molecule has 0 saturated carbocycles. The number of benzene rings is 1. The predicted molar refractivity (Wildman–Crippen MR) is 96.4 cm³/mol. The third-order valence-corrected chi connectivity index (χ3v) is 3.78. The van der Waals surface area contributed by atoms with Crippen LogP contribution >= 0.6 is 0 Å². The second-order valence-corrected chi connectivity index (χ2v) is 6.53. The summed E-state index contributed by atoms with van der Waals surface area (Å²) in [6.07, 6.45) is 0.793. The van der Waals surface area contributed by atoms with Gasteiger partial charge in [0.1, 0.15) is 5.41 Å². The summed E-state index contributed by atoms with van der Waals surface area (Å²) in [6, 6.07) is 6.51. The Bertz CT molecular complexity index is 627. The molecule has 0 atom stereocenters. The van der Waals surface area contributed by atoms with E-state index in [0.717, 1.165) is 13.0 Å². The third-order valence-electron chi connectivity index (χ3n) is 3.78. The SMILES string of the molecule is COC(=O)c1ccccc1NC(=O)C(C)(C)C(=O)NCCCN(C)C. The van der Waals surface area contributed by atoms with E-state index < -0.39 is 17.3 Å². The van der Waals surface area contributed by atoms with Crippen LogP contribution < -0.4 is 10.6 Å². The molecule has 2 amide bonds. The van der Waals surface area contributed by atoms with Crippen molar-refractivity contribution >= 4 is 23.5 Å². The molecule has 2 N–H and O–H groups in total. The van der Waals surface area contributed by atoms with Gasteiger partial charge in [0, 0.05) is 6.54 Å². The monoisotopic (exact) mass is 349 g/mol. The minimum absolute atomic E-state index is 0.237. The number of nitrogens with zero attached hydrogens (tertiary/aromatic N) is 1. The molecule has 0 heterocycles. The van der Waals surface area contributed by atoms with Gasteiger partial charge < -0.3 is 20.3 Å². The van der Waals surface area contributed by atoms with Gasteiger partial charge in [-0.1, -0.05) is 12.1 Å². The topological polar surface area (TPSA) is 87.7 Å². The van der Waals surface area contributed by atoms with Gasteiger partial charge in [-0.2, -0.15) is 0 Å². The summed E-state index contributed by atoms with van der Waals surface area (Å²) in [7, 11) is 5.18. The summed E-state index contributed by atoms with van der Waals surface area (Å²) < 4.78 is 4.70. The molecule has 0 spiro atoms. The number of carbonyl (C=O) groups is 3. The summed E-state index contributed by atoms with van der Waals surface area (Å²) in [5.74, 6) is -1.41. The number of anilines is 1. The normalized spacial score (nSPS) is 11.1. The molecule has 0 aliphatic carbocycles. The van der Waals surface area contributed by atoms with Crippen molar-refractivity contribution in [3.63, 3.8) is 0 Å². The highest BCUT2D eigenvalue weighted by Gasteiger charge is 2.36. The van der Waals surface area contributed by atoms with Crippen molar-refractivity contribution in [3.8, 4) is 0 Å². The van der Waals surface area contributed by atoms with E-state index in [-0.39, 0.29) is 11.5 Å². The van der Waals surface area contributed by atoms with Crippen LogP contribution in [0, 0.1) is 5.41 Å². The van der Waals surface area contributed by atoms with Crippen LogP contribution in [0.2, 0.25) is 0 Å². The van der Waals surface area contributed by atoms with E-state index in [1.165, 1.54) is 7.11 Å². The molecule has 0 aliphatic rings. The zero-order valence-electron chi connectivity index (χ0n) is 15.5. The average Bonchev–Trinajstić information content (AvgIpc) is 2.57. The Labute approximate surface area is 148 Å². The number of para-hydroxylation sites is 1. The molecular formula is C18H27N3O4. The Hall–Kier alpha value is -2.41. The standard InChI is InChI=1S/C18H27N3O4/c1-18(2,16(23)19-11-8-12-21(3)4)17(24)20-14-10-7-6-9-13(14)15(22)25-5/h6-7,9-10H,8,11-12H2,1-5H3,(H,19,23)(H,20,24). The number of carbonyl (C=O) groups excluding carboxylic acids is 3. The van der Waals surface area contributed by atoms with Gasteiger partial charge in [-0.25, -0.2) is 4.79 Å². The van der Waals surface area contributed by atoms with E-state index in [1.807, 2.05) is 19.0 Å². The Morgan fingerprint density at radius 2 is 1.76 bits per heavy atom. The van der Waals surface area contributed by atoms with Gasteiger partial charge in [-0.3, -0.25) is 9.59 Å². The predicted octanol–water partition coefficient (Wildman–Crippen LogP) is 1.51. The number of rotatable bonds is 8. The fourth-order valence-electron chi connectivity index (χ4n) is 2.08. The zero-order valence-corrected chi connectivity index (χ0v) is 15.5. The van der Waals surface area contributed by atoms with Crippen LogP contribution in [-0.4, -0.2) is 57.0 Å². The van der Waals surface area contributed by atoms with Crippen molar-refractivity contribution in [2.75, 3.05) is 39.6 Å². The van der Waals surface area contributed by atoms with Crippen LogP contribution in [0.5, 0.6) is 0 Å². The molecule has 0 aromatic heterocycles. The minimum atomic E-state index is -1.28. The molecule has 1 aromatic carbocycles. The van der Waals surface area contributed by atoms with E-state index in [0.29, 0.717) is 12.2 Å². The van der Waals surface area contributed by atoms with Crippen molar-refractivity contribution in [1.29, 1.82) is 0 Å². The molecule has 0 radical (unpaired) electrons. The minimum Gasteiger partial charge on any atom is -0.465 e. The number of hydrogen-bond donors (Lipinski definition) is 2. The van der Waals surface area contributed by atoms with E-state index in [2.05, 4.69) is 10.6 Å². The molecule has 0 unspecified atom stereocenters. The zero-order chi connectivity index (χ0) is 19.0. The lowest BCUT2D eigenvalue weighted by Gasteiger charge is -2.23. The van der Waals surface area contributed by atoms with Gasteiger partial charge in [-0.15, -0.1) is 0 Å². The van der Waals surface area contributed by atoms with Crippen molar-refractivity contribution in [3.05, 3.63) is 29.8 Å². The Balaban J connectivity index is 2.75. The summed E-state index contributed by atoms with van der Waals surface area (Å²) >= 11 is 0. The van der Waals surface area contributed by atoms with Crippen LogP contribution in [0.3, 0.4) is 0 Å². The Morgan fingerprint density at radius 1 is 1.12 bits per heavy atom.